The summed E-state index contributed by atoms with van der Waals surface area (Å²) in [5.41, 5.74) is 0. The summed E-state index contributed by atoms with van der Waals surface area (Å²) in [6.07, 6.45) is 0. The van der Waals surface area contributed by atoms with Crippen molar-refractivity contribution in [3.05, 3.63) is 4.83 Å². The van der Waals surface area contributed by atoms with Crippen LogP contribution < -0.4 is 0 Å². The molecule has 1 aliphatic carbocycles. The van der Waals surface area contributed by atoms with Crippen LogP contribution in [0.2, 0.25) is 0 Å². The van der Waals surface area contributed by atoms with Crippen molar-refractivity contribution < 1.29 is 0 Å². The topological polar surface area (TPSA) is 0 Å². The molecule has 1 aliphatic rings. The fourth-order valence-electron chi connectivity index (χ4n) is 1.46. The number of hydrogen-bond donors (Lipinski definition) is 0. The van der Waals surface area contributed by atoms with E-state index >= 15 is 0 Å². The zero-order valence-corrected chi connectivity index (χ0v) is 33.5. The second kappa shape index (κ2) is 8.52. The summed E-state index contributed by atoms with van der Waals surface area (Å²) in [6, 6.07) is 0. The first-order valence-corrected chi connectivity index (χ1v) is 16.7. The molecule has 0 aromatic carbocycles. The third kappa shape index (κ3) is 4.03. The van der Waals surface area contributed by atoms with Gasteiger partial charge in [-0.1, -0.05) is 239 Å². The second-order valence-corrected chi connectivity index (χ2v) is 29.2. The first kappa shape index (κ1) is 28.2. The van der Waals surface area contributed by atoms with Crippen LogP contribution in [0, 0.1) is 4.83 Å². The number of rotatable bonds is 0. The normalized spacial score (nSPS) is 33.5. The van der Waals surface area contributed by atoms with Crippen LogP contribution in [-0.2, 0) is 0 Å². The van der Waals surface area contributed by atoms with Crippen molar-refractivity contribution in [1.82, 2.24) is 0 Å². The third-order valence-corrected chi connectivity index (χ3v) is 34.9. The predicted molar refractivity (Wildman–Crippen MR) is 156 cm³/mol. The molecule has 0 atom stereocenters. The zero-order chi connectivity index (χ0) is 19.1. The molecule has 1 rings (SSSR count). The Labute approximate surface area is 260 Å². The summed E-state index contributed by atoms with van der Waals surface area (Å²) in [6.45, 7) is 0. The van der Waals surface area contributed by atoms with Gasteiger partial charge >= 0.3 is 0 Å². The van der Waals surface area contributed by atoms with E-state index in [0.717, 1.165) is 4.83 Å². The van der Waals surface area contributed by atoms with Crippen LogP contribution in [0.25, 0.3) is 0 Å². The molecule has 1 fully saturated rings. The van der Waals surface area contributed by atoms with E-state index in [4.69, 9.17) is 0 Å². The summed E-state index contributed by atoms with van der Waals surface area (Å²) in [4.78, 5) is 0.780. The van der Waals surface area contributed by atoms with E-state index in [-0.39, 0.29) is 0 Å². The van der Waals surface area contributed by atoms with Crippen molar-refractivity contribution in [3.63, 3.8) is 0 Å². The van der Waals surface area contributed by atoms with Gasteiger partial charge < -0.3 is 0 Å². The molecule has 0 aromatic heterocycles. The van der Waals surface area contributed by atoms with Crippen molar-refractivity contribution >= 4 is 239 Å². The smallest absolute Gasteiger partial charge is 0.0785 e. The van der Waals surface area contributed by atoms with E-state index in [1.54, 1.807) is 0 Å². The molecule has 0 amide bonds. The molecule has 0 aromatic rings. The first-order chi connectivity index (χ1) is 9.65. The number of halogens is 15. The molecular weight excluding hydrogens is 1290 g/mol. The highest BCUT2D eigenvalue weighted by Crippen LogP contribution is 2.81. The minimum atomic E-state index is -0.840. The molecule has 0 aliphatic heterocycles. The van der Waals surface area contributed by atoms with Gasteiger partial charge in [-0.15, -0.1) is 0 Å². The first-order valence-electron chi connectivity index (χ1n) is 4.83. The van der Waals surface area contributed by atoms with Gasteiger partial charge in [0.1, 0.15) is 27.5 Å². The minimum Gasteiger partial charge on any atom is -0.0785 e. The van der Waals surface area contributed by atoms with Gasteiger partial charge in [-0.3, -0.25) is 0 Å². The van der Waals surface area contributed by atoms with Crippen molar-refractivity contribution in [1.29, 1.82) is 0 Å². The standard InChI is InChI=1S/C8Br15/c9-1-2(10,11)4(14,15)6(18,19)8(22,23)7(20,21)5(16,17)3(1,12)13. The van der Waals surface area contributed by atoms with Crippen LogP contribution in [0.4, 0.5) is 0 Å². The van der Waals surface area contributed by atoms with Gasteiger partial charge in [0.15, 0.2) is 0 Å². The Morgan fingerprint density at radius 1 is 0.348 bits per heavy atom. The van der Waals surface area contributed by atoms with Gasteiger partial charge in [0.2, 0.25) is 0 Å². The lowest BCUT2D eigenvalue weighted by atomic mass is 9.99. The van der Waals surface area contributed by atoms with Crippen LogP contribution in [0.1, 0.15) is 0 Å². The highest BCUT2D eigenvalue weighted by molar-refractivity contribution is 9.37. The fourth-order valence-corrected chi connectivity index (χ4v) is 17.4. The lowest BCUT2D eigenvalue weighted by Crippen LogP contribution is -2.71. The summed E-state index contributed by atoms with van der Waals surface area (Å²) in [5.74, 6) is 0. The van der Waals surface area contributed by atoms with Gasteiger partial charge in [-0.25, -0.2) is 0 Å². The molecule has 0 unspecified atom stereocenters. The molecule has 0 spiro atoms. The van der Waals surface area contributed by atoms with Crippen molar-refractivity contribution in [2.75, 3.05) is 0 Å². The molecule has 15 heteroatoms. The molecule has 0 nitrogen and oxygen atoms in total. The van der Waals surface area contributed by atoms with Gasteiger partial charge in [0, 0.05) is 0 Å². The molecule has 23 heavy (non-hydrogen) atoms. The van der Waals surface area contributed by atoms with E-state index in [2.05, 4.69) is 239 Å². The van der Waals surface area contributed by atoms with E-state index < -0.39 is 22.6 Å². The Bertz CT molecular complexity index is 446. The molecule has 1 saturated carbocycles. The lowest BCUT2D eigenvalue weighted by molar-refractivity contribution is 0.548. The van der Waals surface area contributed by atoms with E-state index in [0.29, 0.717) is 0 Å². The largest absolute Gasteiger partial charge is 0.135 e. The highest BCUT2D eigenvalue weighted by atomic mass is 79.9. The molecule has 0 heterocycles. The second-order valence-electron chi connectivity index (χ2n) is 4.33. The Morgan fingerprint density at radius 3 is 0.739 bits per heavy atom. The summed E-state index contributed by atoms with van der Waals surface area (Å²) >= 11 is 56.6. The van der Waals surface area contributed by atoms with E-state index in [1.165, 1.54) is 0 Å². The van der Waals surface area contributed by atoms with E-state index in [9.17, 15) is 0 Å². The Hall–Kier alpha value is 7.20. The monoisotopic (exact) mass is 1280 g/mol. The fraction of sp³-hybridized carbons (Fsp3) is 0.875. The van der Waals surface area contributed by atoms with E-state index in [1.807, 2.05) is 0 Å². The Balaban J connectivity index is 3.95. The summed E-state index contributed by atoms with van der Waals surface area (Å²) in [5, 5.41) is 0. The summed E-state index contributed by atoms with van der Waals surface area (Å²) < 4.78 is -5.74. The zero-order valence-electron chi connectivity index (χ0n) is 9.67. The molecule has 0 N–H and O–H groups in total. The molecule has 137 valence electrons. The van der Waals surface area contributed by atoms with Crippen LogP contribution in [0.15, 0.2) is 0 Å². The van der Waals surface area contributed by atoms with Crippen LogP contribution in [0.5, 0.6) is 0 Å². The van der Waals surface area contributed by atoms with Crippen LogP contribution in [0.3, 0.4) is 0 Å². The molecule has 0 bridgehead atoms. The van der Waals surface area contributed by atoms with Crippen LogP contribution >= 0.6 is 239 Å². The SMILES string of the molecule is Br[C]1C(Br)(Br)C(Br)(Br)C(Br)(Br)C(Br)(Br)C(Br)(Br)C(Br)(Br)C1(Br)Br. The van der Waals surface area contributed by atoms with Crippen LogP contribution in [-0.4, -0.2) is 22.6 Å². The molecule has 1 radical (unpaired) electrons. The maximum atomic E-state index is 3.80. The third-order valence-electron chi connectivity index (χ3n) is 2.92. The van der Waals surface area contributed by atoms with Crippen molar-refractivity contribution in [3.8, 4) is 0 Å². The average molecular weight is 1290 g/mol. The molecule has 0 saturated heterocycles. The average Bonchev–Trinajstić information content (AvgIpc) is 2.35. The maximum Gasteiger partial charge on any atom is 0.135 e. The predicted octanol–water partition coefficient (Wildman–Crippen LogP) is 11.3. The van der Waals surface area contributed by atoms with Gasteiger partial charge in [-0.05, 0) is 0 Å². The minimum absolute atomic E-state index is 0.780. The van der Waals surface area contributed by atoms with Crippen molar-refractivity contribution in [2.45, 2.75) is 22.6 Å². The molecular formula is C8Br15. The van der Waals surface area contributed by atoms with Gasteiger partial charge in [0.25, 0.3) is 0 Å². The maximum absolute atomic E-state index is 3.80. The van der Waals surface area contributed by atoms with Gasteiger partial charge in [0.05, 0.1) is 0 Å². The Morgan fingerprint density at radius 2 is 0.522 bits per heavy atom. The quantitative estimate of drug-likeness (QED) is 0.212. The number of alkyl halides is 14. The highest BCUT2D eigenvalue weighted by Gasteiger charge is 2.81. The Kier molecular flexibility index (Phi) is 10.5. The van der Waals surface area contributed by atoms with Crippen molar-refractivity contribution in [2.24, 2.45) is 0 Å². The number of hydrogen-bond acceptors (Lipinski definition) is 0. The lowest BCUT2D eigenvalue weighted by Gasteiger charge is -2.61. The summed E-state index contributed by atoms with van der Waals surface area (Å²) in [7, 11) is 0. The van der Waals surface area contributed by atoms with Gasteiger partial charge in [-0.2, -0.15) is 0 Å².